The van der Waals surface area contributed by atoms with Crippen molar-refractivity contribution in [3.8, 4) is 21.9 Å². The fourth-order valence-corrected chi connectivity index (χ4v) is 5.57. The molecule has 1 saturated heterocycles. The number of methoxy groups -OCH3 is 1. The van der Waals surface area contributed by atoms with E-state index in [-0.39, 0.29) is 23.3 Å². The van der Waals surface area contributed by atoms with Crippen LogP contribution in [0.15, 0.2) is 28.7 Å². The van der Waals surface area contributed by atoms with Crippen LogP contribution >= 0.6 is 27.3 Å². The lowest BCUT2D eigenvalue weighted by Crippen LogP contribution is -2.42. The summed E-state index contributed by atoms with van der Waals surface area (Å²) in [7, 11) is 1.30. The molecule has 1 aliphatic rings. The van der Waals surface area contributed by atoms with Crippen LogP contribution in [0.3, 0.4) is 0 Å². The van der Waals surface area contributed by atoms with Gasteiger partial charge in [0, 0.05) is 13.1 Å². The minimum atomic E-state index is -0.534. The second-order valence-corrected chi connectivity index (χ2v) is 10.9. The Morgan fingerprint density at radius 1 is 1.20 bits per heavy atom. The molecule has 2 aromatic rings. The van der Waals surface area contributed by atoms with Crippen LogP contribution < -0.4 is 9.47 Å². The summed E-state index contributed by atoms with van der Waals surface area (Å²) in [6.07, 6.45) is 2.04. The van der Waals surface area contributed by atoms with Crippen molar-refractivity contribution in [1.29, 1.82) is 0 Å². The summed E-state index contributed by atoms with van der Waals surface area (Å²) in [5.41, 5.74) is 0.337. The molecule has 1 fully saturated rings. The molecule has 0 bridgehead atoms. The van der Waals surface area contributed by atoms with Gasteiger partial charge < -0.3 is 23.8 Å². The molecule has 8 nitrogen and oxygen atoms in total. The highest BCUT2D eigenvalue weighted by Gasteiger charge is 2.28. The van der Waals surface area contributed by atoms with Gasteiger partial charge >= 0.3 is 12.1 Å². The summed E-state index contributed by atoms with van der Waals surface area (Å²) in [5.74, 6) is 0.785. The summed E-state index contributed by atoms with van der Waals surface area (Å²) < 4.78 is 22.5. The van der Waals surface area contributed by atoms with Crippen molar-refractivity contribution in [2.75, 3.05) is 33.4 Å². The summed E-state index contributed by atoms with van der Waals surface area (Å²) in [6.45, 7) is 7.25. The first-order chi connectivity index (χ1) is 16.6. The predicted octanol–water partition coefficient (Wildman–Crippen LogP) is 5.57. The Morgan fingerprint density at radius 2 is 1.91 bits per heavy atom. The third kappa shape index (κ3) is 7.20. The zero-order valence-corrected chi connectivity index (χ0v) is 22.7. The van der Waals surface area contributed by atoms with Gasteiger partial charge in [0.25, 0.3) is 0 Å². The molecule has 1 aromatic carbocycles. The molecular weight excluding hydrogens is 538 g/mol. The third-order valence-electron chi connectivity index (χ3n) is 5.32. The standard InChI is InChI=1S/C25H30BrNO7S/c1-25(2,3)34-24(30)27-10-8-16(9-11-27)15-33-18-7-5-6-17(14-18)21-19(26)20(32-13-12-28)22(35-21)23(29)31-4/h5-7,12,14,16H,8-11,13,15H2,1-4H3. The van der Waals surface area contributed by atoms with E-state index in [2.05, 4.69) is 15.9 Å². The van der Waals surface area contributed by atoms with E-state index in [9.17, 15) is 14.4 Å². The SMILES string of the molecule is COC(=O)c1sc(-c2cccc(OCC3CCN(C(=O)OC(C)(C)C)CC3)c2)c(Br)c1OCC=O. The smallest absolute Gasteiger partial charge is 0.410 e. The van der Waals surface area contributed by atoms with Gasteiger partial charge in [-0.05, 0) is 73.2 Å². The van der Waals surface area contributed by atoms with Crippen LogP contribution in [0.1, 0.15) is 43.3 Å². The van der Waals surface area contributed by atoms with Gasteiger partial charge in [-0.15, -0.1) is 11.3 Å². The van der Waals surface area contributed by atoms with Crippen LogP contribution in [0.2, 0.25) is 0 Å². The molecule has 0 saturated carbocycles. The number of likely N-dealkylation sites (tertiary alicyclic amines) is 1. The Labute approximate surface area is 217 Å². The Balaban J connectivity index is 1.64. The van der Waals surface area contributed by atoms with E-state index in [1.54, 1.807) is 4.90 Å². The number of hydrogen-bond acceptors (Lipinski definition) is 8. The molecule has 0 atom stereocenters. The van der Waals surface area contributed by atoms with Gasteiger partial charge in [-0.3, -0.25) is 4.79 Å². The summed E-state index contributed by atoms with van der Waals surface area (Å²) >= 11 is 4.72. The number of nitrogens with zero attached hydrogens (tertiary/aromatic N) is 1. The van der Waals surface area contributed by atoms with Crippen LogP contribution in [0.5, 0.6) is 11.5 Å². The van der Waals surface area contributed by atoms with Crippen molar-refractivity contribution in [1.82, 2.24) is 4.90 Å². The molecule has 1 aromatic heterocycles. The lowest BCUT2D eigenvalue weighted by molar-refractivity contribution is -0.109. The van der Waals surface area contributed by atoms with Crippen LogP contribution in [0.25, 0.3) is 10.4 Å². The van der Waals surface area contributed by atoms with E-state index in [1.165, 1.54) is 18.4 Å². The molecule has 2 heterocycles. The molecule has 3 rings (SSSR count). The lowest BCUT2D eigenvalue weighted by atomic mass is 9.98. The number of carbonyl (C=O) groups is 3. The number of hydrogen-bond donors (Lipinski definition) is 0. The lowest BCUT2D eigenvalue weighted by Gasteiger charge is -2.33. The van der Waals surface area contributed by atoms with Gasteiger partial charge in [0.2, 0.25) is 0 Å². The van der Waals surface area contributed by atoms with Crippen LogP contribution in [-0.4, -0.2) is 62.3 Å². The largest absolute Gasteiger partial charge is 0.493 e. The minimum Gasteiger partial charge on any atom is -0.493 e. The van der Waals surface area contributed by atoms with Gasteiger partial charge in [-0.1, -0.05) is 12.1 Å². The highest BCUT2D eigenvalue weighted by atomic mass is 79.9. The second kappa shape index (κ2) is 11.9. The molecule has 190 valence electrons. The maximum atomic E-state index is 12.3. The quantitative estimate of drug-likeness (QED) is 0.304. The van der Waals surface area contributed by atoms with Crippen LogP contribution in [-0.2, 0) is 14.3 Å². The molecule has 0 radical (unpaired) electrons. The molecule has 0 spiro atoms. The molecule has 1 amide bonds. The van der Waals surface area contributed by atoms with E-state index in [0.29, 0.717) is 42.1 Å². The number of ether oxygens (including phenoxy) is 4. The Kier molecular flexibility index (Phi) is 9.18. The molecule has 0 aliphatic carbocycles. The molecule has 10 heteroatoms. The summed E-state index contributed by atoms with van der Waals surface area (Å²) in [6, 6.07) is 7.57. The van der Waals surface area contributed by atoms with Crippen molar-refractivity contribution in [3.63, 3.8) is 0 Å². The zero-order chi connectivity index (χ0) is 25.6. The van der Waals surface area contributed by atoms with Gasteiger partial charge in [0.15, 0.2) is 16.9 Å². The van der Waals surface area contributed by atoms with Crippen LogP contribution in [0.4, 0.5) is 4.79 Å². The molecule has 0 unspecified atom stereocenters. The Bertz CT molecular complexity index is 1050. The molecule has 35 heavy (non-hydrogen) atoms. The number of aldehydes is 1. The minimum absolute atomic E-state index is 0.172. The molecule has 0 N–H and O–H groups in total. The van der Waals surface area contributed by atoms with Gasteiger partial charge in [0.05, 0.1) is 23.1 Å². The monoisotopic (exact) mass is 567 g/mol. The van der Waals surface area contributed by atoms with Crippen molar-refractivity contribution in [2.45, 2.75) is 39.2 Å². The van der Waals surface area contributed by atoms with Gasteiger partial charge in [-0.2, -0.15) is 0 Å². The van der Waals surface area contributed by atoms with E-state index >= 15 is 0 Å². The van der Waals surface area contributed by atoms with Crippen molar-refractivity contribution < 1.29 is 33.3 Å². The average Bonchev–Trinajstić information content (AvgIpc) is 3.16. The fraction of sp³-hybridized carbons (Fsp3) is 0.480. The number of halogens is 1. The third-order valence-corrected chi connectivity index (χ3v) is 7.54. The van der Waals surface area contributed by atoms with Crippen molar-refractivity contribution in [3.05, 3.63) is 33.6 Å². The highest BCUT2D eigenvalue weighted by molar-refractivity contribution is 9.10. The first-order valence-electron chi connectivity index (χ1n) is 11.3. The van der Waals surface area contributed by atoms with Gasteiger partial charge in [0.1, 0.15) is 18.0 Å². The number of esters is 1. The van der Waals surface area contributed by atoms with Gasteiger partial charge in [-0.25, -0.2) is 9.59 Å². The fourth-order valence-electron chi connectivity index (χ4n) is 3.60. The maximum Gasteiger partial charge on any atom is 0.410 e. The Hall–Kier alpha value is -2.59. The van der Waals surface area contributed by atoms with Crippen molar-refractivity contribution >= 4 is 45.6 Å². The molecular formula is C25H30BrNO7S. The topological polar surface area (TPSA) is 91.4 Å². The molecule has 1 aliphatic heterocycles. The van der Waals surface area contributed by atoms with Crippen molar-refractivity contribution in [2.24, 2.45) is 5.92 Å². The summed E-state index contributed by atoms with van der Waals surface area (Å²) in [5, 5.41) is 0. The first-order valence-corrected chi connectivity index (χ1v) is 12.9. The number of carbonyl (C=O) groups excluding carboxylic acids is 3. The predicted molar refractivity (Wildman–Crippen MR) is 136 cm³/mol. The number of amides is 1. The maximum absolute atomic E-state index is 12.3. The van der Waals surface area contributed by atoms with Crippen LogP contribution in [0, 0.1) is 5.92 Å². The second-order valence-electron chi connectivity index (χ2n) is 9.12. The van der Waals surface area contributed by atoms with E-state index in [0.717, 1.165) is 23.3 Å². The van der Waals surface area contributed by atoms with E-state index < -0.39 is 11.6 Å². The Morgan fingerprint density at radius 3 is 2.54 bits per heavy atom. The first kappa shape index (κ1) is 27.0. The summed E-state index contributed by atoms with van der Waals surface area (Å²) in [4.78, 5) is 38.0. The number of thiophene rings is 1. The number of rotatable bonds is 8. The highest BCUT2D eigenvalue weighted by Crippen LogP contribution is 2.46. The average molecular weight is 568 g/mol. The number of benzene rings is 1. The van der Waals surface area contributed by atoms with E-state index in [4.69, 9.17) is 18.9 Å². The zero-order valence-electron chi connectivity index (χ0n) is 20.3. The van der Waals surface area contributed by atoms with E-state index in [1.807, 2.05) is 45.0 Å². The normalized spacial score (nSPS) is 14.4. The number of piperidine rings is 1.